The van der Waals surface area contributed by atoms with E-state index in [1.54, 1.807) is 0 Å². The van der Waals surface area contributed by atoms with E-state index in [9.17, 15) is 35.4 Å². The number of non-ortho nitro benzene ring substituents is 1. The number of aliphatic hydroxyl groups is 1. The number of nitro benzene ring substituents is 2. The normalized spacial score (nSPS) is 37.0. The Balaban J connectivity index is 1.45. The molecule has 0 aliphatic heterocycles. The number of rotatable bonds is 7. The van der Waals surface area contributed by atoms with Crippen LogP contribution in [0.3, 0.4) is 0 Å². The summed E-state index contributed by atoms with van der Waals surface area (Å²) in [6.45, 7) is 6.24. The first-order valence-corrected chi connectivity index (χ1v) is 14.1. The number of nitrogens with one attached hydrogen (secondary N) is 1. The van der Waals surface area contributed by atoms with Gasteiger partial charge in [-0.2, -0.15) is 5.10 Å². The van der Waals surface area contributed by atoms with Crippen LogP contribution in [-0.4, -0.2) is 38.2 Å². The summed E-state index contributed by atoms with van der Waals surface area (Å²) in [4.78, 5) is 32.8. The second-order valence-corrected chi connectivity index (χ2v) is 12.8. The maximum Gasteiger partial charge on any atom is 0.301 e. The molecule has 40 heavy (non-hydrogen) atoms. The summed E-state index contributed by atoms with van der Waals surface area (Å²) in [5, 5.41) is 49.2. The molecule has 4 aliphatic rings. The summed E-state index contributed by atoms with van der Waals surface area (Å²) >= 11 is 0. The van der Waals surface area contributed by atoms with Crippen molar-refractivity contribution in [3.63, 3.8) is 0 Å². The molecule has 1 aromatic carbocycles. The molecule has 0 bridgehead atoms. The minimum atomic E-state index is -0.695. The van der Waals surface area contributed by atoms with Crippen molar-refractivity contribution in [2.24, 2.45) is 45.5 Å². The Kier molecular flexibility index (Phi) is 7.18. The first kappa shape index (κ1) is 28.1. The molecule has 1 aromatic rings. The predicted molar refractivity (Wildman–Crippen MR) is 148 cm³/mol. The van der Waals surface area contributed by atoms with Gasteiger partial charge in [0.25, 0.3) is 5.69 Å². The van der Waals surface area contributed by atoms with Gasteiger partial charge >= 0.3 is 5.69 Å². The number of aliphatic hydroxyl groups excluding tert-OH is 1. The lowest BCUT2D eigenvalue weighted by atomic mass is 9.47. The van der Waals surface area contributed by atoms with Crippen LogP contribution in [0.5, 0.6) is 0 Å². The molecule has 0 heterocycles. The Hall–Kier alpha value is -3.41. The molecule has 0 saturated heterocycles. The highest BCUT2D eigenvalue weighted by molar-refractivity contribution is 5.87. The average Bonchev–Trinajstić information content (AvgIpc) is 3.18. The van der Waals surface area contributed by atoms with Gasteiger partial charge in [0.2, 0.25) is 6.54 Å². The maximum absolute atomic E-state index is 11.8. The fourth-order valence-corrected chi connectivity index (χ4v) is 9.11. The van der Waals surface area contributed by atoms with E-state index in [2.05, 4.69) is 30.5 Å². The van der Waals surface area contributed by atoms with Crippen LogP contribution in [0, 0.1) is 70.8 Å². The smallest absolute Gasteiger partial charge is 0.301 e. The van der Waals surface area contributed by atoms with Crippen LogP contribution in [0.4, 0.5) is 17.1 Å². The summed E-state index contributed by atoms with van der Waals surface area (Å²) < 4.78 is 0. The quantitative estimate of drug-likeness (QED) is 0.185. The number of anilines is 1. The van der Waals surface area contributed by atoms with Crippen molar-refractivity contribution in [1.82, 2.24) is 0 Å². The average molecular weight is 556 g/mol. The topological polar surface area (TPSA) is 174 Å². The Morgan fingerprint density at radius 2 is 1.85 bits per heavy atom. The molecule has 0 aromatic heterocycles. The van der Waals surface area contributed by atoms with Crippen molar-refractivity contribution in [3.05, 3.63) is 60.2 Å². The number of benzene rings is 1. The number of nitrogens with zero attached hydrogens (tertiary/aromatic N) is 4. The van der Waals surface area contributed by atoms with E-state index in [0.717, 1.165) is 51.0 Å². The number of hydrazone groups is 1. The lowest BCUT2D eigenvalue weighted by Gasteiger charge is -2.58. The molecule has 12 heteroatoms. The zero-order valence-electron chi connectivity index (χ0n) is 23.1. The van der Waals surface area contributed by atoms with Crippen LogP contribution in [0.15, 0.2) is 34.9 Å². The highest BCUT2D eigenvalue weighted by atomic mass is 16.6. The van der Waals surface area contributed by atoms with Crippen LogP contribution < -0.4 is 5.43 Å². The van der Waals surface area contributed by atoms with Crippen molar-refractivity contribution in [2.45, 2.75) is 71.8 Å². The van der Waals surface area contributed by atoms with Crippen LogP contribution in [0.2, 0.25) is 0 Å². The van der Waals surface area contributed by atoms with Gasteiger partial charge < -0.3 is 5.11 Å². The van der Waals surface area contributed by atoms with Gasteiger partial charge in [-0.3, -0.25) is 35.8 Å². The third-order valence-electron chi connectivity index (χ3n) is 10.8. The van der Waals surface area contributed by atoms with Crippen LogP contribution >= 0.6 is 0 Å². The van der Waals surface area contributed by atoms with Crippen LogP contribution in [-0.2, 0) is 0 Å². The molecule has 4 aliphatic carbocycles. The standard InChI is InChI=1S/C28H37N5O7/c1-16(29-30-24-7-5-19(32(37)38)14-25(24)33(39)40)26-17(15-31(35)36)12-23-21-6-4-18-13-20(34)8-10-27(18,2)22(21)9-11-28(23,26)3/h4-5,7,14,17,20-23,26,30,34H,6,8-13,15H2,1-3H3. The number of fused-ring (bicyclic) bond motifs is 5. The van der Waals surface area contributed by atoms with E-state index in [1.807, 2.05) is 6.92 Å². The Morgan fingerprint density at radius 3 is 2.52 bits per heavy atom. The molecule has 12 nitrogen and oxygen atoms in total. The molecule has 216 valence electrons. The van der Waals surface area contributed by atoms with Gasteiger partial charge in [-0.25, -0.2) is 0 Å². The largest absolute Gasteiger partial charge is 0.393 e. The lowest BCUT2D eigenvalue weighted by Crippen LogP contribution is -2.51. The molecule has 3 fully saturated rings. The van der Waals surface area contributed by atoms with E-state index in [-0.39, 0.29) is 51.8 Å². The van der Waals surface area contributed by atoms with Crippen LogP contribution in [0.1, 0.15) is 65.7 Å². The van der Waals surface area contributed by atoms with Gasteiger partial charge in [-0.05, 0) is 86.5 Å². The van der Waals surface area contributed by atoms with Crippen molar-refractivity contribution in [3.8, 4) is 0 Å². The molecule has 0 radical (unpaired) electrons. The molecule has 0 spiro atoms. The first-order valence-electron chi connectivity index (χ1n) is 14.1. The number of hydrogen-bond donors (Lipinski definition) is 2. The lowest BCUT2D eigenvalue weighted by molar-refractivity contribution is -0.489. The van der Waals surface area contributed by atoms with Gasteiger partial charge in [0.15, 0.2) is 0 Å². The third-order valence-corrected chi connectivity index (χ3v) is 10.8. The Bertz CT molecular complexity index is 1300. The number of allylic oxidation sites excluding steroid dienone is 1. The van der Waals surface area contributed by atoms with E-state index in [1.165, 1.54) is 17.7 Å². The van der Waals surface area contributed by atoms with E-state index < -0.39 is 21.2 Å². The summed E-state index contributed by atoms with van der Waals surface area (Å²) in [5.41, 5.74) is 3.80. The molecule has 5 rings (SSSR count). The molecule has 8 atom stereocenters. The zero-order valence-corrected chi connectivity index (χ0v) is 23.1. The summed E-state index contributed by atoms with van der Waals surface area (Å²) in [7, 11) is 0. The molecular formula is C28H37N5O7. The van der Waals surface area contributed by atoms with E-state index in [4.69, 9.17) is 0 Å². The maximum atomic E-state index is 11.8. The predicted octanol–water partition coefficient (Wildman–Crippen LogP) is 5.73. The molecule has 8 unspecified atom stereocenters. The highest BCUT2D eigenvalue weighted by Crippen LogP contribution is 2.67. The van der Waals surface area contributed by atoms with Crippen molar-refractivity contribution in [2.75, 3.05) is 12.0 Å². The zero-order chi connectivity index (χ0) is 29.0. The first-order chi connectivity index (χ1) is 18.8. The minimum Gasteiger partial charge on any atom is -0.393 e. The van der Waals surface area contributed by atoms with Crippen molar-refractivity contribution < 1.29 is 19.9 Å². The highest BCUT2D eigenvalue weighted by Gasteiger charge is 2.62. The molecule has 3 saturated carbocycles. The molecular weight excluding hydrogens is 518 g/mol. The number of hydrogen-bond acceptors (Lipinski definition) is 9. The van der Waals surface area contributed by atoms with Gasteiger partial charge in [0, 0.05) is 28.5 Å². The van der Waals surface area contributed by atoms with Gasteiger partial charge in [0.1, 0.15) is 5.69 Å². The van der Waals surface area contributed by atoms with Crippen molar-refractivity contribution >= 4 is 22.8 Å². The van der Waals surface area contributed by atoms with Crippen molar-refractivity contribution in [1.29, 1.82) is 0 Å². The second-order valence-electron chi connectivity index (χ2n) is 12.8. The SMILES string of the molecule is CC(=NNc1ccc([N+](=O)[O-])cc1[N+](=O)[O-])C1C(C[N+](=O)[O-])CC2C3CC=C4CC(O)CCC4(C)C3CCC21C. The third kappa shape index (κ3) is 4.65. The van der Waals surface area contributed by atoms with E-state index in [0.29, 0.717) is 17.5 Å². The summed E-state index contributed by atoms with van der Waals surface area (Å²) in [5.74, 6) is 0.763. The van der Waals surface area contributed by atoms with Gasteiger partial charge in [-0.1, -0.05) is 25.5 Å². The van der Waals surface area contributed by atoms with E-state index >= 15 is 0 Å². The molecule has 0 amide bonds. The number of nitro groups is 3. The summed E-state index contributed by atoms with van der Waals surface area (Å²) in [6, 6.07) is 3.34. The fourth-order valence-electron chi connectivity index (χ4n) is 9.11. The second kappa shape index (κ2) is 10.2. The monoisotopic (exact) mass is 555 g/mol. The van der Waals surface area contributed by atoms with Crippen LogP contribution in [0.25, 0.3) is 0 Å². The van der Waals surface area contributed by atoms with Gasteiger partial charge in [-0.15, -0.1) is 0 Å². The fraction of sp³-hybridized carbons (Fsp3) is 0.679. The Morgan fingerprint density at radius 1 is 1.10 bits per heavy atom. The Labute approximate surface area is 232 Å². The molecule has 2 N–H and O–H groups in total. The summed E-state index contributed by atoms with van der Waals surface area (Å²) in [6.07, 6.45) is 8.14. The van der Waals surface area contributed by atoms with Gasteiger partial charge in [0.05, 0.1) is 22.0 Å². The minimum absolute atomic E-state index is 0.0292.